The summed E-state index contributed by atoms with van der Waals surface area (Å²) in [4.78, 5) is 17.0. The molecule has 0 bridgehead atoms. The van der Waals surface area contributed by atoms with Crippen LogP contribution in [0.15, 0.2) is 28.7 Å². The van der Waals surface area contributed by atoms with E-state index in [1.54, 1.807) is 13.0 Å². The van der Waals surface area contributed by atoms with Crippen LogP contribution in [0.25, 0.3) is 0 Å². The van der Waals surface area contributed by atoms with E-state index in [1.165, 1.54) is 12.1 Å². The van der Waals surface area contributed by atoms with Crippen molar-refractivity contribution in [3.63, 3.8) is 0 Å². The summed E-state index contributed by atoms with van der Waals surface area (Å²) in [6.07, 6.45) is -1.23. The van der Waals surface area contributed by atoms with Crippen LogP contribution in [0.3, 0.4) is 0 Å². The number of hydrogen-bond acceptors (Lipinski definition) is 6. The van der Waals surface area contributed by atoms with Crippen LogP contribution in [0.2, 0.25) is 0 Å². The Bertz CT molecular complexity index is 855. The molecule has 0 radical (unpaired) electrons. The summed E-state index contributed by atoms with van der Waals surface area (Å²) in [7, 11) is 1.00. The smallest absolute Gasteiger partial charge is 0.277 e. The first kappa shape index (κ1) is 24.9. The minimum Gasteiger partial charge on any atom is -0.400 e. The number of anilines is 2. The van der Waals surface area contributed by atoms with Gasteiger partial charge < -0.3 is 20.6 Å². The van der Waals surface area contributed by atoms with Crippen molar-refractivity contribution in [2.45, 2.75) is 13.0 Å². The lowest BCUT2D eigenvalue weighted by Crippen LogP contribution is -2.30. The van der Waals surface area contributed by atoms with Gasteiger partial charge in [0.2, 0.25) is 0 Å². The Kier molecular flexibility index (Phi) is 10.1. The Morgan fingerprint density at radius 3 is 2.45 bits per heavy atom. The highest BCUT2D eigenvalue weighted by atomic mass is 79.9. The van der Waals surface area contributed by atoms with Gasteiger partial charge in [0, 0.05) is 7.11 Å². The van der Waals surface area contributed by atoms with E-state index < -0.39 is 48.4 Å². The third-order valence-electron chi connectivity index (χ3n) is 3.44. The summed E-state index contributed by atoms with van der Waals surface area (Å²) < 4.78 is 42.1. The number of hydrogen-bond donors (Lipinski definition) is 5. The minimum atomic E-state index is -1.40. The normalized spacial score (nSPS) is 11.3. The molecular weight excluding hydrogens is 461 g/mol. The predicted molar refractivity (Wildman–Crippen MR) is 103 cm³/mol. The molecule has 0 saturated carbocycles. The second-order valence-electron chi connectivity index (χ2n) is 5.60. The molecule has 0 aliphatic heterocycles. The van der Waals surface area contributed by atoms with Gasteiger partial charge in [0.05, 0.1) is 28.0 Å². The average molecular weight is 481 g/mol. The van der Waals surface area contributed by atoms with Crippen molar-refractivity contribution in [1.82, 2.24) is 5.48 Å². The number of carbonyl (C=O) groups is 1. The lowest BCUT2D eigenvalue weighted by Gasteiger charge is -2.16. The van der Waals surface area contributed by atoms with Crippen molar-refractivity contribution in [2.75, 3.05) is 25.6 Å². The SMILES string of the molecule is CO.Cc1ccc(Nc2c(C(=O)NOCC(O)CO)cc(Br)c(F)c2F)c(F)c1. The fourth-order valence-corrected chi connectivity index (χ4v) is 2.47. The number of aryl methyl sites for hydroxylation is 1. The maximum Gasteiger partial charge on any atom is 0.277 e. The molecule has 2 rings (SSSR count). The van der Waals surface area contributed by atoms with E-state index in [4.69, 9.17) is 15.1 Å². The van der Waals surface area contributed by atoms with Gasteiger partial charge in [-0.25, -0.2) is 18.7 Å². The van der Waals surface area contributed by atoms with Crippen molar-refractivity contribution in [1.29, 1.82) is 0 Å². The summed E-state index contributed by atoms with van der Waals surface area (Å²) in [6.45, 7) is 0.637. The highest BCUT2D eigenvalue weighted by Gasteiger charge is 2.23. The summed E-state index contributed by atoms with van der Waals surface area (Å²) in [5.74, 6) is -4.36. The summed E-state index contributed by atoms with van der Waals surface area (Å²) in [5.41, 5.74) is 1.42. The quantitative estimate of drug-likeness (QED) is 0.307. The minimum absolute atomic E-state index is 0.160. The van der Waals surface area contributed by atoms with E-state index in [9.17, 15) is 23.1 Å². The van der Waals surface area contributed by atoms with Gasteiger partial charge in [-0.05, 0) is 46.6 Å². The van der Waals surface area contributed by atoms with Gasteiger partial charge in [0.1, 0.15) is 18.5 Å². The Hall–Kier alpha value is -2.18. The fraction of sp³-hybridized carbons (Fsp3) is 0.278. The van der Waals surface area contributed by atoms with Crippen molar-refractivity contribution < 1.29 is 38.1 Å². The second kappa shape index (κ2) is 11.7. The molecule has 0 fully saturated rings. The molecule has 2 aromatic rings. The molecule has 2 aromatic carbocycles. The number of aliphatic hydroxyl groups excluding tert-OH is 3. The Morgan fingerprint density at radius 1 is 1.21 bits per heavy atom. The van der Waals surface area contributed by atoms with Crippen LogP contribution in [0.5, 0.6) is 0 Å². The number of amides is 1. The molecule has 0 aliphatic carbocycles. The third kappa shape index (κ3) is 6.68. The summed E-state index contributed by atoms with van der Waals surface area (Å²) >= 11 is 2.80. The molecule has 0 aromatic heterocycles. The Balaban J connectivity index is 0.00000204. The zero-order valence-corrected chi connectivity index (χ0v) is 17.1. The fourth-order valence-electron chi connectivity index (χ4n) is 2.06. The molecule has 0 aliphatic rings. The molecule has 29 heavy (non-hydrogen) atoms. The number of rotatable bonds is 7. The van der Waals surface area contributed by atoms with Crippen molar-refractivity contribution in [3.05, 3.63) is 57.3 Å². The average Bonchev–Trinajstić information content (AvgIpc) is 2.71. The second-order valence-corrected chi connectivity index (χ2v) is 6.45. The zero-order chi connectivity index (χ0) is 22.1. The van der Waals surface area contributed by atoms with E-state index in [0.717, 1.165) is 13.2 Å². The lowest BCUT2D eigenvalue weighted by atomic mass is 10.1. The van der Waals surface area contributed by atoms with Crippen LogP contribution < -0.4 is 10.8 Å². The van der Waals surface area contributed by atoms with Gasteiger partial charge in [-0.2, -0.15) is 0 Å². The summed E-state index contributed by atoms with van der Waals surface area (Å²) in [5, 5.41) is 27.2. The molecule has 1 unspecified atom stereocenters. The van der Waals surface area contributed by atoms with Gasteiger partial charge in [0.25, 0.3) is 5.91 Å². The van der Waals surface area contributed by atoms with Crippen LogP contribution in [0.1, 0.15) is 15.9 Å². The number of hydroxylamine groups is 1. The first-order valence-corrected chi connectivity index (χ1v) is 8.90. The Labute approximate surface area is 173 Å². The van der Waals surface area contributed by atoms with E-state index in [1.807, 2.05) is 5.48 Å². The maximum absolute atomic E-state index is 14.4. The number of nitrogens with one attached hydrogen (secondary N) is 2. The van der Waals surface area contributed by atoms with E-state index in [2.05, 4.69) is 21.2 Å². The van der Waals surface area contributed by atoms with Crippen LogP contribution in [0, 0.1) is 24.4 Å². The molecule has 7 nitrogen and oxygen atoms in total. The van der Waals surface area contributed by atoms with Gasteiger partial charge in [-0.15, -0.1) is 0 Å². The largest absolute Gasteiger partial charge is 0.400 e. The van der Waals surface area contributed by atoms with E-state index in [0.29, 0.717) is 5.56 Å². The van der Waals surface area contributed by atoms with E-state index >= 15 is 0 Å². The summed E-state index contributed by atoms with van der Waals surface area (Å²) in [6, 6.07) is 5.06. The number of carbonyl (C=O) groups excluding carboxylic acids is 1. The predicted octanol–water partition coefficient (Wildman–Crippen LogP) is 2.54. The van der Waals surface area contributed by atoms with Crippen molar-refractivity contribution in [3.8, 4) is 0 Å². The van der Waals surface area contributed by atoms with Gasteiger partial charge in [-0.3, -0.25) is 9.63 Å². The third-order valence-corrected chi connectivity index (χ3v) is 4.02. The molecule has 0 spiro atoms. The first-order valence-electron chi connectivity index (χ1n) is 8.11. The maximum atomic E-state index is 14.4. The van der Waals surface area contributed by atoms with Crippen LogP contribution in [-0.2, 0) is 4.84 Å². The molecule has 0 heterocycles. The van der Waals surface area contributed by atoms with Crippen LogP contribution >= 0.6 is 15.9 Å². The Morgan fingerprint density at radius 2 is 1.86 bits per heavy atom. The first-order chi connectivity index (χ1) is 13.7. The standard InChI is InChI=1S/C17H16BrF3N2O4.CH4O/c1-8-2-3-13(12(19)4-8)22-16-10(5-11(18)14(20)15(16)21)17(26)23-27-7-9(25)6-24;1-2/h2-5,9,22,24-25H,6-7H2,1H3,(H,23,26);2H,1H3. The van der Waals surface area contributed by atoms with Crippen LogP contribution in [-0.4, -0.2) is 47.7 Å². The van der Waals surface area contributed by atoms with Crippen molar-refractivity contribution >= 4 is 33.2 Å². The number of halogens is 4. The zero-order valence-electron chi connectivity index (χ0n) is 15.5. The highest BCUT2D eigenvalue weighted by molar-refractivity contribution is 9.10. The molecule has 1 atom stereocenters. The molecule has 160 valence electrons. The van der Waals surface area contributed by atoms with Crippen molar-refractivity contribution in [2.24, 2.45) is 0 Å². The molecule has 5 N–H and O–H groups in total. The van der Waals surface area contributed by atoms with Gasteiger partial charge in [-0.1, -0.05) is 6.07 Å². The van der Waals surface area contributed by atoms with E-state index in [-0.39, 0.29) is 15.7 Å². The molecule has 1 amide bonds. The molecule has 0 saturated heterocycles. The highest BCUT2D eigenvalue weighted by Crippen LogP contribution is 2.32. The molecular formula is C18H20BrF3N2O5. The molecule has 11 heteroatoms. The van der Waals surface area contributed by atoms with Gasteiger partial charge in [0.15, 0.2) is 11.6 Å². The number of benzene rings is 2. The van der Waals surface area contributed by atoms with Crippen LogP contribution in [0.4, 0.5) is 24.5 Å². The lowest BCUT2D eigenvalue weighted by molar-refractivity contribution is -0.0295. The van der Waals surface area contributed by atoms with Gasteiger partial charge >= 0.3 is 0 Å². The topological polar surface area (TPSA) is 111 Å². The monoisotopic (exact) mass is 480 g/mol. The number of aliphatic hydroxyl groups is 3.